The van der Waals surface area contributed by atoms with Gasteiger partial charge in [-0.15, -0.1) is 0 Å². The summed E-state index contributed by atoms with van der Waals surface area (Å²) < 4.78 is 0. The molecule has 0 bridgehead atoms. The molecule has 0 aromatic carbocycles. The van der Waals surface area contributed by atoms with E-state index in [1.807, 2.05) is 5.32 Å². The summed E-state index contributed by atoms with van der Waals surface area (Å²) in [5.41, 5.74) is 10.7. The van der Waals surface area contributed by atoms with Gasteiger partial charge < -0.3 is 42.7 Å². The molecule has 0 aliphatic rings. The van der Waals surface area contributed by atoms with Crippen LogP contribution in [0.3, 0.4) is 0 Å². The van der Waals surface area contributed by atoms with Gasteiger partial charge in [0.25, 0.3) is 0 Å². The van der Waals surface area contributed by atoms with Crippen molar-refractivity contribution in [3.8, 4) is 0 Å². The number of primary amides is 1. The van der Waals surface area contributed by atoms with Crippen molar-refractivity contribution in [3.05, 3.63) is 0 Å². The van der Waals surface area contributed by atoms with Crippen LogP contribution in [0.25, 0.3) is 0 Å². The van der Waals surface area contributed by atoms with Crippen LogP contribution in [0.1, 0.15) is 26.7 Å². The van der Waals surface area contributed by atoms with Crippen LogP contribution in [-0.4, -0.2) is 93.3 Å². The lowest BCUT2D eigenvalue weighted by Gasteiger charge is -2.25. The van der Waals surface area contributed by atoms with Crippen LogP contribution in [0.4, 0.5) is 0 Å². The third-order valence-electron chi connectivity index (χ3n) is 4.15. The molecule has 10 N–H and O–H groups in total. The van der Waals surface area contributed by atoms with E-state index in [2.05, 4.69) is 10.6 Å². The van der Waals surface area contributed by atoms with Gasteiger partial charge in [0.2, 0.25) is 23.6 Å². The SMILES string of the molecule is CSCCC(NC(=O)C(N)C(C)O)C(=O)NC(CC(N)=O)C(=O)NC(C(=O)O)C(C)O. The minimum absolute atomic E-state index is 0.140. The number of aliphatic carboxylic acids is 1. The van der Waals surface area contributed by atoms with E-state index in [1.54, 1.807) is 6.26 Å². The quantitative estimate of drug-likeness (QED) is 0.125. The second kappa shape index (κ2) is 13.8. The molecule has 0 saturated carbocycles. The molecular weight excluding hydrogens is 434 g/mol. The Morgan fingerprint density at radius 2 is 1.42 bits per heavy atom. The van der Waals surface area contributed by atoms with Gasteiger partial charge in [0.05, 0.1) is 18.6 Å². The fourth-order valence-corrected chi connectivity index (χ4v) is 2.79. The first-order valence-corrected chi connectivity index (χ1v) is 10.7. The molecule has 0 heterocycles. The Hall–Kier alpha value is -2.42. The first-order chi connectivity index (χ1) is 14.3. The van der Waals surface area contributed by atoms with Crippen molar-refractivity contribution >= 4 is 41.4 Å². The first-order valence-electron chi connectivity index (χ1n) is 9.34. The summed E-state index contributed by atoms with van der Waals surface area (Å²) >= 11 is 1.38. The summed E-state index contributed by atoms with van der Waals surface area (Å²) in [4.78, 5) is 59.8. The van der Waals surface area contributed by atoms with Crippen molar-refractivity contribution in [2.45, 2.75) is 63.1 Å². The molecule has 178 valence electrons. The lowest BCUT2D eigenvalue weighted by Crippen LogP contribution is -2.59. The average Bonchev–Trinajstić information content (AvgIpc) is 2.66. The van der Waals surface area contributed by atoms with Crippen molar-refractivity contribution in [1.29, 1.82) is 0 Å². The number of hydrogen-bond acceptors (Lipinski definition) is 9. The maximum Gasteiger partial charge on any atom is 0.328 e. The number of carboxylic acid groups (broad SMARTS) is 1. The molecule has 13 nitrogen and oxygen atoms in total. The predicted molar refractivity (Wildman–Crippen MR) is 112 cm³/mol. The van der Waals surface area contributed by atoms with Crippen LogP contribution in [0, 0.1) is 0 Å². The Morgan fingerprint density at radius 3 is 1.84 bits per heavy atom. The van der Waals surface area contributed by atoms with Gasteiger partial charge in [-0.05, 0) is 32.3 Å². The normalized spacial score (nSPS) is 16.7. The summed E-state index contributed by atoms with van der Waals surface area (Å²) in [6.45, 7) is 2.44. The van der Waals surface area contributed by atoms with Crippen LogP contribution in [-0.2, 0) is 24.0 Å². The van der Waals surface area contributed by atoms with Gasteiger partial charge in [0.15, 0.2) is 6.04 Å². The Labute approximate surface area is 183 Å². The molecule has 6 atom stereocenters. The van der Waals surface area contributed by atoms with Crippen molar-refractivity contribution < 1.29 is 39.3 Å². The molecule has 14 heteroatoms. The van der Waals surface area contributed by atoms with E-state index >= 15 is 0 Å². The molecule has 6 unspecified atom stereocenters. The Morgan fingerprint density at radius 1 is 0.903 bits per heavy atom. The summed E-state index contributed by atoms with van der Waals surface area (Å²) in [7, 11) is 0. The Kier molecular flexibility index (Phi) is 12.7. The molecule has 0 aliphatic heterocycles. The van der Waals surface area contributed by atoms with Crippen molar-refractivity contribution in [2.75, 3.05) is 12.0 Å². The van der Waals surface area contributed by atoms with E-state index < -0.39 is 72.4 Å². The van der Waals surface area contributed by atoms with E-state index in [-0.39, 0.29) is 6.42 Å². The third-order valence-corrected chi connectivity index (χ3v) is 4.79. The minimum atomic E-state index is -1.68. The number of hydrogen-bond donors (Lipinski definition) is 8. The van der Waals surface area contributed by atoms with Gasteiger partial charge in [0, 0.05) is 0 Å². The van der Waals surface area contributed by atoms with E-state index in [0.29, 0.717) is 5.75 Å². The van der Waals surface area contributed by atoms with Crippen molar-refractivity contribution in [1.82, 2.24) is 16.0 Å². The number of thioether (sulfide) groups is 1. The zero-order chi connectivity index (χ0) is 24.3. The molecular formula is C17H31N5O8S. The topological polar surface area (TPSA) is 234 Å². The molecule has 0 aromatic rings. The first kappa shape index (κ1) is 28.6. The van der Waals surface area contributed by atoms with Crippen molar-refractivity contribution in [2.24, 2.45) is 11.5 Å². The summed E-state index contributed by atoms with van der Waals surface area (Å²) in [5.74, 6) is -4.73. The van der Waals surface area contributed by atoms with E-state index in [9.17, 15) is 34.2 Å². The fraction of sp³-hybridized carbons (Fsp3) is 0.706. The van der Waals surface area contributed by atoms with Crippen LogP contribution in [0.2, 0.25) is 0 Å². The Bertz CT molecular complexity index is 660. The van der Waals surface area contributed by atoms with Gasteiger partial charge in [-0.1, -0.05) is 0 Å². The number of aliphatic hydroxyl groups excluding tert-OH is 2. The number of carboxylic acids is 1. The number of carbonyl (C=O) groups is 5. The molecule has 0 aliphatic carbocycles. The zero-order valence-corrected chi connectivity index (χ0v) is 18.3. The van der Waals surface area contributed by atoms with Gasteiger partial charge in [0.1, 0.15) is 18.1 Å². The highest BCUT2D eigenvalue weighted by molar-refractivity contribution is 7.98. The lowest BCUT2D eigenvalue weighted by atomic mass is 10.1. The number of rotatable bonds is 14. The molecule has 0 aromatic heterocycles. The molecule has 4 amide bonds. The van der Waals surface area contributed by atoms with E-state index in [1.165, 1.54) is 18.7 Å². The monoisotopic (exact) mass is 465 g/mol. The number of carbonyl (C=O) groups excluding carboxylic acids is 4. The summed E-state index contributed by atoms with van der Waals surface area (Å²) in [6, 6.07) is -5.68. The highest BCUT2D eigenvalue weighted by atomic mass is 32.2. The maximum atomic E-state index is 12.7. The summed E-state index contributed by atoms with van der Waals surface area (Å²) in [5, 5.41) is 34.7. The van der Waals surface area contributed by atoms with Gasteiger partial charge >= 0.3 is 5.97 Å². The second-order valence-corrected chi connectivity index (χ2v) is 7.89. The Balaban J connectivity index is 5.48. The summed E-state index contributed by atoms with van der Waals surface area (Å²) in [6.07, 6.45) is -1.38. The highest BCUT2D eigenvalue weighted by Crippen LogP contribution is 2.05. The second-order valence-electron chi connectivity index (χ2n) is 6.91. The van der Waals surface area contributed by atoms with Gasteiger partial charge in [-0.3, -0.25) is 19.2 Å². The number of amides is 4. The maximum absolute atomic E-state index is 12.7. The van der Waals surface area contributed by atoms with Crippen LogP contribution in [0.5, 0.6) is 0 Å². The zero-order valence-electron chi connectivity index (χ0n) is 17.5. The van der Waals surface area contributed by atoms with Crippen molar-refractivity contribution in [3.63, 3.8) is 0 Å². The predicted octanol–water partition coefficient (Wildman–Crippen LogP) is -3.76. The average molecular weight is 466 g/mol. The van der Waals surface area contributed by atoms with E-state index in [4.69, 9.17) is 16.6 Å². The molecule has 0 rings (SSSR count). The lowest BCUT2D eigenvalue weighted by molar-refractivity contribution is -0.145. The molecule has 0 spiro atoms. The third kappa shape index (κ3) is 10.4. The smallest absolute Gasteiger partial charge is 0.328 e. The molecule has 0 saturated heterocycles. The van der Waals surface area contributed by atoms with Gasteiger partial charge in [-0.2, -0.15) is 11.8 Å². The number of nitrogens with one attached hydrogen (secondary N) is 3. The number of nitrogens with two attached hydrogens (primary N) is 2. The molecule has 31 heavy (non-hydrogen) atoms. The van der Waals surface area contributed by atoms with Gasteiger partial charge in [-0.25, -0.2) is 4.79 Å². The standard InChI is InChI=1S/C17H31N5O8S/c1-7(23)12(19)16(28)20-9(4-5-31-3)14(26)21-10(6-11(18)25)15(27)22-13(8(2)24)17(29)30/h7-10,12-13,23-24H,4-6,19H2,1-3H3,(H2,18,25)(H,20,28)(H,21,26)(H,22,27)(H,29,30). The largest absolute Gasteiger partial charge is 0.480 e. The minimum Gasteiger partial charge on any atom is -0.480 e. The van der Waals surface area contributed by atoms with Crippen LogP contribution >= 0.6 is 11.8 Å². The molecule has 0 radical (unpaired) electrons. The number of aliphatic hydroxyl groups is 2. The fourth-order valence-electron chi connectivity index (χ4n) is 2.32. The molecule has 0 fully saturated rings. The van der Waals surface area contributed by atoms with Crippen LogP contribution < -0.4 is 27.4 Å². The van der Waals surface area contributed by atoms with E-state index in [0.717, 1.165) is 6.92 Å². The van der Waals surface area contributed by atoms with Crippen LogP contribution in [0.15, 0.2) is 0 Å². The highest BCUT2D eigenvalue weighted by Gasteiger charge is 2.32.